The molecule has 0 spiro atoms. The molecule has 0 bridgehead atoms. The molecule has 0 aliphatic rings. The lowest BCUT2D eigenvalue weighted by Crippen LogP contribution is -2.38. The number of aromatic nitrogens is 2. The molecule has 5 nitrogen and oxygen atoms in total. The maximum atomic E-state index is 13.5. The molecule has 2 aromatic carbocycles. The highest BCUT2D eigenvalue weighted by atomic mass is 32.2. The summed E-state index contributed by atoms with van der Waals surface area (Å²) in [6, 6.07) is 15.2. The van der Waals surface area contributed by atoms with Crippen molar-refractivity contribution in [3.63, 3.8) is 0 Å². The summed E-state index contributed by atoms with van der Waals surface area (Å²) in [6.07, 6.45) is 6.60. The van der Waals surface area contributed by atoms with Gasteiger partial charge in [0.1, 0.15) is 5.82 Å². The van der Waals surface area contributed by atoms with Gasteiger partial charge in [-0.1, -0.05) is 18.2 Å². The number of benzene rings is 2. The first-order valence-electron chi connectivity index (χ1n) is 9.49. The van der Waals surface area contributed by atoms with E-state index in [-0.39, 0.29) is 5.82 Å². The summed E-state index contributed by atoms with van der Waals surface area (Å²) >= 11 is 1.68. The molecule has 0 aliphatic heterocycles. The minimum absolute atomic E-state index is 0.195. The summed E-state index contributed by atoms with van der Waals surface area (Å²) in [5.41, 5.74) is 4.38. The number of halogens is 1. The molecule has 0 atom stereocenters. The fourth-order valence-corrected chi connectivity index (χ4v) is 3.60. The van der Waals surface area contributed by atoms with Crippen LogP contribution in [-0.4, -0.2) is 35.6 Å². The van der Waals surface area contributed by atoms with Gasteiger partial charge in [0, 0.05) is 38.3 Å². The standard InChI is InChI=1S/C22H26FN5S/c1-24-22(26-15-18-6-7-20(23)14-19(18)16-29-2)25-12-10-17-4-8-21(9-5-17)28-13-3-11-27-28/h3-9,11,13-14H,10,12,15-16H2,1-2H3,(H2,24,25,26). The van der Waals surface area contributed by atoms with Gasteiger partial charge in [-0.25, -0.2) is 9.07 Å². The van der Waals surface area contributed by atoms with E-state index in [2.05, 4.69) is 45.0 Å². The Morgan fingerprint density at radius 2 is 1.97 bits per heavy atom. The average molecular weight is 412 g/mol. The minimum atomic E-state index is -0.195. The van der Waals surface area contributed by atoms with E-state index in [1.54, 1.807) is 31.1 Å². The largest absolute Gasteiger partial charge is 0.356 e. The Morgan fingerprint density at radius 3 is 2.66 bits per heavy atom. The Kier molecular flexibility index (Phi) is 7.69. The fourth-order valence-electron chi connectivity index (χ4n) is 3.02. The van der Waals surface area contributed by atoms with Gasteiger partial charge in [0.15, 0.2) is 5.96 Å². The zero-order valence-corrected chi connectivity index (χ0v) is 17.5. The number of rotatable bonds is 8. The quantitative estimate of drug-likeness (QED) is 0.438. The second-order valence-electron chi connectivity index (χ2n) is 6.57. The third-order valence-corrected chi connectivity index (χ3v) is 5.15. The maximum Gasteiger partial charge on any atom is 0.191 e. The molecular formula is C22H26FN5S. The van der Waals surface area contributed by atoms with Gasteiger partial charge in [-0.3, -0.25) is 4.99 Å². The van der Waals surface area contributed by atoms with Gasteiger partial charge in [0.2, 0.25) is 0 Å². The van der Waals surface area contributed by atoms with E-state index in [0.29, 0.717) is 6.54 Å². The highest BCUT2D eigenvalue weighted by Gasteiger charge is 2.06. The van der Waals surface area contributed by atoms with Gasteiger partial charge in [0.05, 0.1) is 5.69 Å². The van der Waals surface area contributed by atoms with Crippen molar-refractivity contribution in [2.24, 2.45) is 4.99 Å². The zero-order chi connectivity index (χ0) is 20.5. The van der Waals surface area contributed by atoms with Crippen molar-refractivity contribution in [3.8, 4) is 5.69 Å². The normalized spacial score (nSPS) is 11.5. The number of nitrogens with zero attached hydrogens (tertiary/aromatic N) is 3. The van der Waals surface area contributed by atoms with Crippen molar-refractivity contribution >= 4 is 17.7 Å². The zero-order valence-electron chi connectivity index (χ0n) is 16.7. The molecule has 0 saturated carbocycles. The van der Waals surface area contributed by atoms with E-state index < -0.39 is 0 Å². The first-order chi connectivity index (χ1) is 14.2. The number of aliphatic imine (C=N–C) groups is 1. The van der Waals surface area contributed by atoms with Gasteiger partial charge in [0.25, 0.3) is 0 Å². The highest BCUT2D eigenvalue weighted by molar-refractivity contribution is 7.97. The van der Waals surface area contributed by atoms with E-state index in [1.165, 1.54) is 11.6 Å². The van der Waals surface area contributed by atoms with Crippen LogP contribution in [0.5, 0.6) is 0 Å². The predicted octanol–water partition coefficient (Wildman–Crippen LogP) is 3.78. The van der Waals surface area contributed by atoms with Crippen LogP contribution in [0.3, 0.4) is 0 Å². The topological polar surface area (TPSA) is 54.2 Å². The van der Waals surface area contributed by atoms with Gasteiger partial charge < -0.3 is 10.6 Å². The molecule has 29 heavy (non-hydrogen) atoms. The third kappa shape index (κ3) is 6.09. The first kappa shape index (κ1) is 20.9. The van der Waals surface area contributed by atoms with E-state index in [1.807, 2.05) is 29.3 Å². The van der Waals surface area contributed by atoms with Crippen molar-refractivity contribution in [1.29, 1.82) is 0 Å². The Hall–Kier alpha value is -2.80. The molecule has 3 rings (SSSR count). The van der Waals surface area contributed by atoms with Crippen molar-refractivity contribution in [2.45, 2.75) is 18.7 Å². The Labute approximate surface area is 175 Å². The average Bonchev–Trinajstić information content (AvgIpc) is 3.27. The van der Waals surface area contributed by atoms with Gasteiger partial charge in [-0.15, -0.1) is 0 Å². The summed E-state index contributed by atoms with van der Waals surface area (Å²) in [5.74, 6) is 1.33. The Morgan fingerprint density at radius 1 is 1.14 bits per heavy atom. The highest BCUT2D eigenvalue weighted by Crippen LogP contribution is 2.16. The van der Waals surface area contributed by atoms with E-state index in [4.69, 9.17) is 0 Å². The smallest absolute Gasteiger partial charge is 0.191 e. The molecule has 0 radical (unpaired) electrons. The van der Waals surface area contributed by atoms with Crippen LogP contribution in [0, 0.1) is 5.82 Å². The van der Waals surface area contributed by atoms with Gasteiger partial charge in [-0.2, -0.15) is 16.9 Å². The van der Waals surface area contributed by atoms with Crippen LogP contribution >= 0.6 is 11.8 Å². The molecule has 0 unspecified atom stereocenters. The molecule has 1 aromatic heterocycles. The molecular weight excluding hydrogens is 385 g/mol. The lowest BCUT2D eigenvalue weighted by molar-refractivity contribution is 0.625. The van der Waals surface area contributed by atoms with Crippen molar-refractivity contribution in [1.82, 2.24) is 20.4 Å². The van der Waals surface area contributed by atoms with Crippen LogP contribution in [-0.2, 0) is 18.7 Å². The summed E-state index contributed by atoms with van der Waals surface area (Å²) in [6.45, 7) is 1.37. The van der Waals surface area contributed by atoms with Crippen LogP contribution in [0.25, 0.3) is 5.69 Å². The van der Waals surface area contributed by atoms with Crippen molar-refractivity contribution < 1.29 is 4.39 Å². The fraction of sp³-hybridized carbons (Fsp3) is 0.273. The number of hydrogen-bond acceptors (Lipinski definition) is 3. The molecule has 0 fully saturated rings. The van der Waals surface area contributed by atoms with Crippen LogP contribution in [0.1, 0.15) is 16.7 Å². The molecule has 1 heterocycles. The number of thioether (sulfide) groups is 1. The first-order valence-corrected chi connectivity index (χ1v) is 10.9. The summed E-state index contributed by atoms with van der Waals surface area (Å²) in [4.78, 5) is 4.28. The van der Waals surface area contributed by atoms with Crippen LogP contribution in [0.4, 0.5) is 4.39 Å². The van der Waals surface area contributed by atoms with E-state index in [0.717, 1.165) is 41.5 Å². The number of nitrogens with one attached hydrogen (secondary N) is 2. The molecule has 152 valence electrons. The molecule has 0 aliphatic carbocycles. The maximum absolute atomic E-state index is 13.5. The second kappa shape index (κ2) is 10.7. The van der Waals surface area contributed by atoms with Crippen molar-refractivity contribution in [3.05, 3.63) is 83.4 Å². The summed E-state index contributed by atoms with van der Waals surface area (Å²) in [5, 5.41) is 10.9. The van der Waals surface area contributed by atoms with Crippen LogP contribution in [0.15, 0.2) is 65.9 Å². The van der Waals surface area contributed by atoms with Crippen molar-refractivity contribution in [2.75, 3.05) is 19.8 Å². The van der Waals surface area contributed by atoms with Crippen LogP contribution in [0.2, 0.25) is 0 Å². The molecule has 0 saturated heterocycles. The van der Waals surface area contributed by atoms with Gasteiger partial charge in [-0.05, 0) is 59.7 Å². The van der Waals surface area contributed by atoms with E-state index in [9.17, 15) is 4.39 Å². The number of hydrogen-bond donors (Lipinski definition) is 2. The SMILES string of the molecule is CN=C(NCCc1ccc(-n2cccn2)cc1)NCc1ccc(F)cc1CSC. The molecule has 7 heteroatoms. The molecule has 3 aromatic rings. The lowest BCUT2D eigenvalue weighted by Gasteiger charge is -2.14. The Bertz CT molecular complexity index is 923. The Balaban J connectivity index is 1.48. The summed E-state index contributed by atoms with van der Waals surface area (Å²) < 4.78 is 15.3. The second-order valence-corrected chi connectivity index (χ2v) is 7.43. The minimum Gasteiger partial charge on any atom is -0.356 e. The lowest BCUT2D eigenvalue weighted by atomic mass is 10.1. The third-order valence-electron chi connectivity index (χ3n) is 4.55. The van der Waals surface area contributed by atoms with E-state index >= 15 is 0 Å². The number of guanidine groups is 1. The molecule has 0 amide bonds. The van der Waals surface area contributed by atoms with Crippen LogP contribution < -0.4 is 10.6 Å². The van der Waals surface area contributed by atoms with Gasteiger partial charge >= 0.3 is 0 Å². The summed E-state index contributed by atoms with van der Waals surface area (Å²) in [7, 11) is 1.75. The molecule has 2 N–H and O–H groups in total. The predicted molar refractivity (Wildman–Crippen MR) is 119 cm³/mol. The monoisotopic (exact) mass is 411 g/mol.